The van der Waals surface area contributed by atoms with E-state index in [2.05, 4.69) is 5.32 Å². The van der Waals surface area contributed by atoms with E-state index in [1.807, 2.05) is 0 Å². The molecule has 3 nitrogen and oxygen atoms in total. The average molecular weight is 218 g/mol. The van der Waals surface area contributed by atoms with E-state index in [1.54, 1.807) is 0 Å². The first-order valence-corrected chi connectivity index (χ1v) is 5.48. The van der Waals surface area contributed by atoms with E-state index in [0.717, 1.165) is 25.8 Å². The molecule has 15 heavy (non-hydrogen) atoms. The Kier molecular flexibility index (Phi) is 2.91. The number of hydrogen-bond acceptors (Lipinski definition) is 2. The van der Waals surface area contributed by atoms with E-state index in [0.29, 0.717) is 0 Å². The number of hydrogen-bond donors (Lipinski definition) is 1. The largest absolute Gasteiger partial charge is 0.335 e. The van der Waals surface area contributed by atoms with Crippen molar-refractivity contribution in [3.8, 4) is 0 Å². The molecule has 0 aromatic carbocycles. The van der Waals surface area contributed by atoms with Gasteiger partial charge in [0.25, 0.3) is 5.92 Å². The van der Waals surface area contributed by atoms with Crippen molar-refractivity contribution >= 4 is 5.91 Å². The molecule has 86 valence electrons. The van der Waals surface area contributed by atoms with E-state index in [9.17, 15) is 13.6 Å². The first-order chi connectivity index (χ1) is 7.08. The van der Waals surface area contributed by atoms with Crippen LogP contribution in [0.25, 0.3) is 0 Å². The Bertz CT molecular complexity index is 252. The number of likely N-dealkylation sites (tertiary alicyclic amines) is 1. The van der Waals surface area contributed by atoms with E-state index in [1.165, 1.54) is 4.90 Å². The molecule has 2 heterocycles. The highest BCUT2D eigenvalue weighted by atomic mass is 19.3. The third-order valence-electron chi connectivity index (χ3n) is 3.09. The standard InChI is InChI=1S/C10H16F2N2O/c11-10(12)4-6-14(7-10)9(15)8-3-1-2-5-13-8/h8,13H,1-7H2/t8-/m1/s1. The molecular formula is C10H16F2N2O. The summed E-state index contributed by atoms with van der Waals surface area (Å²) < 4.78 is 25.8. The lowest BCUT2D eigenvalue weighted by Crippen LogP contribution is -2.48. The first-order valence-electron chi connectivity index (χ1n) is 5.48. The number of piperidine rings is 1. The number of alkyl halides is 2. The normalized spacial score (nSPS) is 30.5. The summed E-state index contributed by atoms with van der Waals surface area (Å²) >= 11 is 0. The molecule has 0 unspecified atom stereocenters. The zero-order valence-corrected chi connectivity index (χ0v) is 8.64. The Balaban J connectivity index is 1.90. The SMILES string of the molecule is O=C([C@H]1CCCCN1)N1CCC(F)(F)C1. The van der Waals surface area contributed by atoms with Crippen LogP contribution in [0.3, 0.4) is 0 Å². The molecule has 0 spiro atoms. The fourth-order valence-electron chi connectivity index (χ4n) is 2.21. The number of halogens is 2. The average Bonchev–Trinajstić information content (AvgIpc) is 2.59. The zero-order chi connectivity index (χ0) is 10.9. The van der Waals surface area contributed by atoms with E-state index in [-0.39, 0.29) is 24.9 Å². The molecule has 2 fully saturated rings. The molecule has 0 saturated carbocycles. The van der Waals surface area contributed by atoms with Crippen LogP contribution in [0.1, 0.15) is 25.7 Å². The predicted molar refractivity (Wildman–Crippen MR) is 51.8 cm³/mol. The summed E-state index contributed by atoms with van der Waals surface area (Å²) in [5.41, 5.74) is 0. The lowest BCUT2D eigenvalue weighted by molar-refractivity contribution is -0.134. The second-order valence-corrected chi connectivity index (χ2v) is 4.37. The second kappa shape index (κ2) is 4.04. The molecule has 0 aliphatic carbocycles. The lowest BCUT2D eigenvalue weighted by atomic mass is 10.0. The highest BCUT2D eigenvalue weighted by Crippen LogP contribution is 2.27. The Labute approximate surface area is 87.8 Å². The minimum atomic E-state index is -2.68. The van der Waals surface area contributed by atoms with Crippen molar-refractivity contribution in [3.63, 3.8) is 0 Å². The van der Waals surface area contributed by atoms with E-state index >= 15 is 0 Å². The van der Waals surface area contributed by atoms with Gasteiger partial charge in [-0.1, -0.05) is 6.42 Å². The molecule has 2 aliphatic rings. The second-order valence-electron chi connectivity index (χ2n) is 4.37. The Hall–Kier alpha value is -0.710. The van der Waals surface area contributed by atoms with Gasteiger partial charge in [0.2, 0.25) is 5.91 Å². The number of rotatable bonds is 1. The van der Waals surface area contributed by atoms with Gasteiger partial charge in [-0.2, -0.15) is 0 Å². The smallest absolute Gasteiger partial charge is 0.267 e. The van der Waals surface area contributed by atoms with Crippen molar-refractivity contribution in [2.45, 2.75) is 37.6 Å². The molecule has 5 heteroatoms. The third kappa shape index (κ3) is 2.45. The van der Waals surface area contributed by atoms with Crippen LogP contribution in [0.2, 0.25) is 0 Å². The first kappa shape index (κ1) is 10.8. The molecule has 2 saturated heterocycles. The monoisotopic (exact) mass is 218 g/mol. The molecule has 2 aliphatic heterocycles. The summed E-state index contributed by atoms with van der Waals surface area (Å²) in [5.74, 6) is -2.82. The van der Waals surface area contributed by atoms with Crippen molar-refractivity contribution in [2.24, 2.45) is 0 Å². The van der Waals surface area contributed by atoms with Crippen LogP contribution in [-0.4, -0.2) is 42.4 Å². The van der Waals surface area contributed by atoms with Crippen LogP contribution in [0.15, 0.2) is 0 Å². The summed E-state index contributed by atoms with van der Waals surface area (Å²) in [7, 11) is 0. The molecule has 1 N–H and O–H groups in total. The number of carbonyl (C=O) groups is 1. The molecular weight excluding hydrogens is 202 g/mol. The molecule has 0 radical (unpaired) electrons. The number of nitrogens with zero attached hydrogens (tertiary/aromatic N) is 1. The summed E-state index contributed by atoms with van der Waals surface area (Å²) in [6, 6.07) is -0.229. The van der Waals surface area contributed by atoms with Gasteiger partial charge in [0.05, 0.1) is 12.6 Å². The fourth-order valence-corrected chi connectivity index (χ4v) is 2.21. The van der Waals surface area contributed by atoms with Crippen LogP contribution >= 0.6 is 0 Å². The number of amides is 1. The Morgan fingerprint density at radius 1 is 1.40 bits per heavy atom. The van der Waals surface area contributed by atoms with Crippen molar-refractivity contribution in [1.82, 2.24) is 10.2 Å². The van der Waals surface area contributed by atoms with Gasteiger partial charge in [0.15, 0.2) is 0 Å². The highest BCUT2D eigenvalue weighted by Gasteiger charge is 2.41. The van der Waals surface area contributed by atoms with Crippen LogP contribution < -0.4 is 5.32 Å². The van der Waals surface area contributed by atoms with Gasteiger partial charge in [-0.3, -0.25) is 4.79 Å². The Morgan fingerprint density at radius 2 is 2.20 bits per heavy atom. The van der Waals surface area contributed by atoms with Gasteiger partial charge in [0, 0.05) is 13.0 Å². The predicted octanol–water partition coefficient (Wildman–Crippen LogP) is 0.996. The Morgan fingerprint density at radius 3 is 2.73 bits per heavy atom. The lowest BCUT2D eigenvalue weighted by Gasteiger charge is -2.27. The van der Waals surface area contributed by atoms with Crippen molar-refractivity contribution in [2.75, 3.05) is 19.6 Å². The molecule has 1 atom stereocenters. The maximum Gasteiger partial charge on any atom is 0.267 e. The minimum Gasteiger partial charge on any atom is -0.335 e. The third-order valence-corrected chi connectivity index (χ3v) is 3.09. The maximum absolute atomic E-state index is 12.9. The summed E-state index contributed by atoms with van der Waals surface area (Å²) in [4.78, 5) is 13.1. The molecule has 1 amide bonds. The maximum atomic E-state index is 12.9. The van der Waals surface area contributed by atoms with Gasteiger partial charge in [0.1, 0.15) is 0 Å². The summed E-state index contributed by atoms with van der Waals surface area (Å²) in [6.07, 6.45) is 2.67. The molecule has 0 bridgehead atoms. The van der Waals surface area contributed by atoms with Gasteiger partial charge >= 0.3 is 0 Å². The molecule has 0 aromatic heterocycles. The van der Waals surface area contributed by atoms with Gasteiger partial charge in [-0.15, -0.1) is 0 Å². The topological polar surface area (TPSA) is 32.3 Å². The van der Waals surface area contributed by atoms with Gasteiger partial charge in [-0.05, 0) is 19.4 Å². The number of carbonyl (C=O) groups excluding carboxylic acids is 1. The molecule has 0 aromatic rings. The fraction of sp³-hybridized carbons (Fsp3) is 0.900. The van der Waals surface area contributed by atoms with E-state index < -0.39 is 12.5 Å². The van der Waals surface area contributed by atoms with Crippen LogP contribution in [0.4, 0.5) is 8.78 Å². The number of nitrogens with one attached hydrogen (secondary N) is 1. The van der Waals surface area contributed by atoms with E-state index in [4.69, 9.17) is 0 Å². The zero-order valence-electron chi connectivity index (χ0n) is 8.64. The van der Waals surface area contributed by atoms with Crippen LogP contribution in [0, 0.1) is 0 Å². The molecule has 2 rings (SSSR count). The van der Waals surface area contributed by atoms with Crippen molar-refractivity contribution < 1.29 is 13.6 Å². The summed E-state index contributed by atoms with van der Waals surface area (Å²) in [5, 5.41) is 3.09. The summed E-state index contributed by atoms with van der Waals surface area (Å²) in [6.45, 7) is 0.620. The van der Waals surface area contributed by atoms with Gasteiger partial charge in [-0.25, -0.2) is 8.78 Å². The highest BCUT2D eigenvalue weighted by molar-refractivity contribution is 5.82. The van der Waals surface area contributed by atoms with Crippen LogP contribution in [-0.2, 0) is 4.79 Å². The minimum absolute atomic E-state index is 0.146. The van der Waals surface area contributed by atoms with Crippen molar-refractivity contribution in [3.05, 3.63) is 0 Å². The van der Waals surface area contributed by atoms with Gasteiger partial charge < -0.3 is 10.2 Å². The van der Waals surface area contributed by atoms with Crippen molar-refractivity contribution in [1.29, 1.82) is 0 Å². The quantitative estimate of drug-likeness (QED) is 0.712. The van der Waals surface area contributed by atoms with Crippen LogP contribution in [0.5, 0.6) is 0 Å².